The summed E-state index contributed by atoms with van der Waals surface area (Å²) in [4.78, 5) is 11.4. The van der Waals surface area contributed by atoms with E-state index < -0.39 is 0 Å². The molecule has 0 unspecified atom stereocenters. The molecule has 2 aromatic heterocycles. The number of nitrogens with zero attached hydrogens (tertiary/aromatic N) is 5. The van der Waals surface area contributed by atoms with E-state index in [4.69, 9.17) is 17.3 Å². The van der Waals surface area contributed by atoms with Gasteiger partial charge >= 0.3 is 0 Å². The van der Waals surface area contributed by atoms with Crippen LogP contribution in [0.2, 0.25) is 5.02 Å². The highest BCUT2D eigenvalue weighted by molar-refractivity contribution is 6.32. The summed E-state index contributed by atoms with van der Waals surface area (Å²) >= 11 is 5.82. The molecule has 13 heavy (non-hydrogen) atoms. The Morgan fingerprint density at radius 3 is 3.00 bits per heavy atom. The van der Waals surface area contributed by atoms with E-state index in [-0.39, 0.29) is 5.95 Å². The molecular weight excluding hydrogens is 192 g/mol. The molecule has 0 saturated carbocycles. The van der Waals surface area contributed by atoms with Gasteiger partial charge in [-0.2, -0.15) is 10.1 Å². The predicted molar refractivity (Wildman–Crippen MR) is 46.4 cm³/mol. The van der Waals surface area contributed by atoms with Gasteiger partial charge in [0.25, 0.3) is 0 Å². The van der Waals surface area contributed by atoms with Crippen LogP contribution in [0.3, 0.4) is 0 Å². The third-order valence-electron chi connectivity index (χ3n) is 1.38. The topological polar surface area (TPSA) is 82.5 Å². The highest BCUT2D eigenvalue weighted by atomic mass is 35.5. The van der Waals surface area contributed by atoms with E-state index in [2.05, 4.69) is 20.1 Å². The average molecular weight is 197 g/mol. The summed E-state index contributed by atoms with van der Waals surface area (Å²) in [5, 5.41) is 4.24. The molecule has 0 amide bonds. The molecule has 0 spiro atoms. The molecule has 6 nitrogen and oxygen atoms in total. The highest BCUT2D eigenvalue weighted by Crippen LogP contribution is 2.15. The molecule has 0 bridgehead atoms. The van der Waals surface area contributed by atoms with Gasteiger partial charge in [0.05, 0.1) is 6.20 Å². The molecule has 2 aromatic rings. The van der Waals surface area contributed by atoms with Crippen molar-refractivity contribution >= 4 is 17.5 Å². The van der Waals surface area contributed by atoms with Crippen LogP contribution in [-0.4, -0.2) is 24.7 Å². The van der Waals surface area contributed by atoms with Crippen molar-refractivity contribution in [1.29, 1.82) is 0 Å². The monoisotopic (exact) mass is 196 g/mol. The van der Waals surface area contributed by atoms with Gasteiger partial charge in [0.15, 0.2) is 5.82 Å². The summed E-state index contributed by atoms with van der Waals surface area (Å²) in [5.74, 6) is 0.571. The zero-order chi connectivity index (χ0) is 9.26. The minimum absolute atomic E-state index is 0.148. The SMILES string of the molecule is Nc1ncc(Cl)c(-n2cncn2)n1. The van der Waals surface area contributed by atoms with Gasteiger partial charge in [0.2, 0.25) is 5.95 Å². The van der Waals surface area contributed by atoms with Crippen LogP contribution in [-0.2, 0) is 0 Å². The van der Waals surface area contributed by atoms with Crippen LogP contribution in [0.4, 0.5) is 5.95 Å². The Balaban J connectivity index is 2.57. The van der Waals surface area contributed by atoms with Crippen molar-refractivity contribution in [1.82, 2.24) is 24.7 Å². The molecule has 0 radical (unpaired) electrons. The zero-order valence-electron chi connectivity index (χ0n) is 6.42. The van der Waals surface area contributed by atoms with Gasteiger partial charge in [0, 0.05) is 0 Å². The normalized spacial score (nSPS) is 10.2. The van der Waals surface area contributed by atoms with E-state index >= 15 is 0 Å². The van der Waals surface area contributed by atoms with E-state index in [0.29, 0.717) is 10.8 Å². The Morgan fingerprint density at radius 2 is 2.31 bits per heavy atom. The number of nitrogen functional groups attached to an aromatic ring is 1. The predicted octanol–water partition coefficient (Wildman–Crippen LogP) is 0.293. The number of aromatic nitrogens is 5. The molecule has 0 saturated heterocycles. The minimum atomic E-state index is 0.148. The van der Waals surface area contributed by atoms with Gasteiger partial charge in [-0.1, -0.05) is 11.6 Å². The minimum Gasteiger partial charge on any atom is -0.368 e. The maximum Gasteiger partial charge on any atom is 0.222 e. The lowest BCUT2D eigenvalue weighted by molar-refractivity contribution is 0.841. The third kappa shape index (κ3) is 1.43. The molecule has 2 heterocycles. The first-order chi connectivity index (χ1) is 6.27. The van der Waals surface area contributed by atoms with Crippen molar-refractivity contribution in [2.45, 2.75) is 0 Å². The molecule has 0 aliphatic rings. The lowest BCUT2D eigenvalue weighted by Crippen LogP contribution is -2.03. The van der Waals surface area contributed by atoms with Gasteiger partial charge in [-0.15, -0.1) is 0 Å². The van der Waals surface area contributed by atoms with Crippen molar-refractivity contribution in [2.24, 2.45) is 0 Å². The van der Waals surface area contributed by atoms with Crippen molar-refractivity contribution in [2.75, 3.05) is 5.73 Å². The van der Waals surface area contributed by atoms with Crippen LogP contribution in [0, 0.1) is 0 Å². The number of halogens is 1. The van der Waals surface area contributed by atoms with Crippen LogP contribution in [0.5, 0.6) is 0 Å². The third-order valence-corrected chi connectivity index (χ3v) is 1.65. The number of nitrogens with two attached hydrogens (primary N) is 1. The molecule has 0 aliphatic carbocycles. The Bertz CT molecular complexity index is 411. The van der Waals surface area contributed by atoms with Gasteiger partial charge in [-0.25, -0.2) is 14.6 Å². The maximum atomic E-state index is 5.82. The van der Waals surface area contributed by atoms with Gasteiger partial charge in [-0.05, 0) is 0 Å². The van der Waals surface area contributed by atoms with Crippen molar-refractivity contribution in [3.63, 3.8) is 0 Å². The summed E-state index contributed by atoms with van der Waals surface area (Å²) in [6, 6.07) is 0. The Labute approximate surface area is 78.4 Å². The van der Waals surface area contributed by atoms with Crippen LogP contribution < -0.4 is 5.73 Å². The fourth-order valence-electron chi connectivity index (χ4n) is 0.850. The second-order valence-corrected chi connectivity index (χ2v) is 2.65. The first-order valence-electron chi connectivity index (χ1n) is 3.40. The standard InChI is InChI=1S/C6H5ClN6/c7-4-1-10-6(8)12-5(4)13-3-9-2-11-13/h1-3H,(H2,8,10,12). The zero-order valence-corrected chi connectivity index (χ0v) is 7.18. The van der Waals surface area contributed by atoms with Crippen LogP contribution >= 0.6 is 11.6 Å². The molecule has 0 aromatic carbocycles. The van der Waals surface area contributed by atoms with Gasteiger partial charge < -0.3 is 5.73 Å². The van der Waals surface area contributed by atoms with Crippen molar-refractivity contribution in [3.05, 3.63) is 23.9 Å². The number of rotatable bonds is 1. The summed E-state index contributed by atoms with van der Waals surface area (Å²) in [6.07, 6.45) is 4.28. The first kappa shape index (κ1) is 7.93. The molecule has 2 N–H and O–H groups in total. The second-order valence-electron chi connectivity index (χ2n) is 2.24. The average Bonchev–Trinajstić information content (AvgIpc) is 2.61. The van der Waals surface area contributed by atoms with Gasteiger partial charge in [-0.3, -0.25) is 0 Å². The Hall–Kier alpha value is -1.69. The Kier molecular flexibility index (Phi) is 1.82. The number of hydrogen-bond acceptors (Lipinski definition) is 5. The summed E-state index contributed by atoms with van der Waals surface area (Å²) < 4.78 is 1.42. The molecule has 2 rings (SSSR count). The van der Waals surface area contributed by atoms with Crippen LogP contribution in [0.15, 0.2) is 18.9 Å². The van der Waals surface area contributed by atoms with E-state index in [9.17, 15) is 0 Å². The lowest BCUT2D eigenvalue weighted by atomic mass is 10.6. The van der Waals surface area contributed by atoms with E-state index in [1.54, 1.807) is 0 Å². The van der Waals surface area contributed by atoms with Crippen molar-refractivity contribution in [3.8, 4) is 5.82 Å². The van der Waals surface area contributed by atoms with E-state index in [1.807, 2.05) is 0 Å². The summed E-state index contributed by atoms with van der Waals surface area (Å²) in [7, 11) is 0. The Morgan fingerprint density at radius 1 is 1.46 bits per heavy atom. The summed E-state index contributed by atoms with van der Waals surface area (Å²) in [5.41, 5.74) is 5.39. The van der Waals surface area contributed by atoms with Gasteiger partial charge in [0.1, 0.15) is 17.7 Å². The fourth-order valence-corrected chi connectivity index (χ4v) is 1.03. The second kappa shape index (κ2) is 2.98. The van der Waals surface area contributed by atoms with E-state index in [1.165, 1.54) is 23.5 Å². The van der Waals surface area contributed by atoms with E-state index in [0.717, 1.165) is 0 Å². The maximum absolute atomic E-state index is 5.82. The number of anilines is 1. The van der Waals surface area contributed by atoms with Crippen molar-refractivity contribution < 1.29 is 0 Å². The fraction of sp³-hybridized carbons (Fsp3) is 0. The summed E-state index contributed by atoms with van der Waals surface area (Å²) in [6.45, 7) is 0. The first-order valence-corrected chi connectivity index (χ1v) is 3.78. The molecule has 0 atom stereocenters. The molecule has 66 valence electrons. The highest BCUT2D eigenvalue weighted by Gasteiger charge is 2.05. The largest absolute Gasteiger partial charge is 0.368 e. The quantitative estimate of drug-likeness (QED) is 0.709. The molecule has 7 heteroatoms. The molecular formula is C6H5ClN6. The smallest absolute Gasteiger partial charge is 0.222 e. The number of hydrogen-bond donors (Lipinski definition) is 1. The molecule has 0 fully saturated rings. The molecule has 0 aliphatic heterocycles. The van der Waals surface area contributed by atoms with Crippen LogP contribution in [0.25, 0.3) is 5.82 Å². The van der Waals surface area contributed by atoms with Crippen LogP contribution in [0.1, 0.15) is 0 Å². The lowest BCUT2D eigenvalue weighted by Gasteiger charge is -2.01.